The third kappa shape index (κ3) is 9.79. The molecule has 0 radical (unpaired) electrons. The summed E-state index contributed by atoms with van der Waals surface area (Å²) in [6, 6.07) is -5.70. The zero-order valence-electron chi connectivity index (χ0n) is 16.5. The van der Waals surface area contributed by atoms with Crippen molar-refractivity contribution in [2.45, 2.75) is 63.4 Å². The molecule has 0 aromatic heterocycles. The van der Waals surface area contributed by atoms with Gasteiger partial charge in [-0.2, -0.15) is 0 Å². The predicted octanol–water partition coefficient (Wildman–Crippen LogP) is -4.01. The molecular weight excluding hydrogens is 406 g/mol. The maximum Gasteiger partial charge on any atom is 0.326 e. The second kappa shape index (κ2) is 12.3. The number of carbonyl (C=O) groups is 6. The molecule has 0 rings (SSSR count). The summed E-state index contributed by atoms with van der Waals surface area (Å²) in [6.45, 7) is 2.44. The number of carboxylic acids is 2. The summed E-state index contributed by atoms with van der Waals surface area (Å²) in [4.78, 5) is 69.3. The van der Waals surface area contributed by atoms with Crippen LogP contribution in [0.5, 0.6) is 0 Å². The summed E-state index contributed by atoms with van der Waals surface area (Å²) in [5.41, 5.74) is 10.5. The van der Waals surface area contributed by atoms with Crippen molar-refractivity contribution in [2.75, 3.05) is 0 Å². The molecule has 14 nitrogen and oxygen atoms in total. The van der Waals surface area contributed by atoms with Crippen LogP contribution in [0.1, 0.15) is 33.1 Å². The number of carboxylic acid groups (broad SMARTS) is 2. The van der Waals surface area contributed by atoms with Crippen LogP contribution in [-0.2, 0) is 28.8 Å². The van der Waals surface area contributed by atoms with E-state index in [-0.39, 0.29) is 6.42 Å². The summed E-state index contributed by atoms with van der Waals surface area (Å²) in [5, 5.41) is 33.4. The Morgan fingerprint density at radius 3 is 1.83 bits per heavy atom. The lowest BCUT2D eigenvalue weighted by Crippen LogP contribution is -2.58. The largest absolute Gasteiger partial charge is 0.481 e. The van der Waals surface area contributed by atoms with E-state index >= 15 is 0 Å². The SMILES string of the molecule is CC(NC(=O)C(CC(N)=O)NC(=O)C(N)C(C)O)C(=O)NC(CCC(=O)O)C(=O)O. The number of nitrogens with two attached hydrogens (primary N) is 2. The van der Waals surface area contributed by atoms with E-state index in [0.717, 1.165) is 0 Å². The molecule has 0 bridgehead atoms. The first-order chi connectivity index (χ1) is 13.8. The van der Waals surface area contributed by atoms with Gasteiger partial charge in [0.15, 0.2) is 0 Å². The highest BCUT2D eigenvalue weighted by atomic mass is 16.4. The van der Waals surface area contributed by atoms with Gasteiger partial charge >= 0.3 is 11.9 Å². The van der Waals surface area contributed by atoms with E-state index in [1.807, 2.05) is 0 Å². The number of rotatable bonds is 13. The van der Waals surface area contributed by atoms with Crippen LogP contribution in [-0.4, -0.2) is 81.2 Å². The fraction of sp³-hybridized carbons (Fsp3) is 0.625. The van der Waals surface area contributed by atoms with Crippen molar-refractivity contribution in [3.8, 4) is 0 Å². The first kappa shape index (κ1) is 26.7. The maximum absolute atomic E-state index is 12.3. The standard InChI is InChI=1S/C16H27N5O9/c1-6(13(26)20-8(16(29)30)3-4-11(24)25)19-14(27)9(5-10(17)23)21-15(28)12(18)7(2)22/h6-9,12,22H,3-5,18H2,1-2H3,(H2,17,23)(H,19,27)(H,20,26)(H,21,28)(H,24,25)(H,29,30). The number of hydrogen-bond acceptors (Lipinski definition) is 8. The molecule has 170 valence electrons. The average molecular weight is 433 g/mol. The second-order valence-corrected chi connectivity index (χ2v) is 6.56. The molecule has 0 saturated carbocycles. The highest BCUT2D eigenvalue weighted by molar-refractivity contribution is 5.96. The zero-order valence-corrected chi connectivity index (χ0v) is 16.5. The summed E-state index contributed by atoms with van der Waals surface area (Å²) < 4.78 is 0. The van der Waals surface area contributed by atoms with E-state index in [1.54, 1.807) is 0 Å². The third-order valence-electron chi connectivity index (χ3n) is 3.87. The van der Waals surface area contributed by atoms with E-state index in [2.05, 4.69) is 16.0 Å². The Morgan fingerprint density at radius 2 is 1.40 bits per heavy atom. The van der Waals surface area contributed by atoms with E-state index in [1.165, 1.54) is 13.8 Å². The average Bonchev–Trinajstić information content (AvgIpc) is 2.62. The fourth-order valence-corrected chi connectivity index (χ4v) is 2.10. The number of aliphatic carboxylic acids is 2. The van der Waals surface area contributed by atoms with Crippen molar-refractivity contribution in [1.82, 2.24) is 16.0 Å². The summed E-state index contributed by atoms with van der Waals surface area (Å²) >= 11 is 0. The Hall–Kier alpha value is -3.26. The third-order valence-corrected chi connectivity index (χ3v) is 3.87. The molecule has 0 aliphatic rings. The van der Waals surface area contributed by atoms with Crippen LogP contribution >= 0.6 is 0 Å². The Kier molecular flexibility index (Phi) is 11.0. The Bertz CT molecular complexity index is 682. The molecular formula is C16H27N5O9. The number of aliphatic hydroxyl groups is 1. The van der Waals surface area contributed by atoms with Gasteiger partial charge in [-0.25, -0.2) is 4.79 Å². The first-order valence-corrected chi connectivity index (χ1v) is 8.83. The number of amides is 4. The molecule has 0 aromatic rings. The molecule has 5 unspecified atom stereocenters. The highest BCUT2D eigenvalue weighted by Crippen LogP contribution is 2.01. The van der Waals surface area contributed by atoms with Gasteiger partial charge in [-0.1, -0.05) is 0 Å². The van der Waals surface area contributed by atoms with Crippen LogP contribution in [0.3, 0.4) is 0 Å². The van der Waals surface area contributed by atoms with E-state index < -0.39 is 78.7 Å². The summed E-state index contributed by atoms with van der Waals surface area (Å²) in [5.74, 6) is -6.53. The van der Waals surface area contributed by atoms with Crippen molar-refractivity contribution in [3.63, 3.8) is 0 Å². The van der Waals surface area contributed by atoms with Gasteiger partial charge in [-0.3, -0.25) is 24.0 Å². The van der Waals surface area contributed by atoms with E-state index in [4.69, 9.17) is 21.7 Å². The topological polar surface area (TPSA) is 251 Å². The quantitative estimate of drug-likeness (QED) is 0.140. The van der Waals surface area contributed by atoms with E-state index in [0.29, 0.717) is 0 Å². The smallest absolute Gasteiger partial charge is 0.326 e. The van der Waals surface area contributed by atoms with Crippen LogP contribution in [0.15, 0.2) is 0 Å². The van der Waals surface area contributed by atoms with Crippen LogP contribution in [0.25, 0.3) is 0 Å². The van der Waals surface area contributed by atoms with E-state index in [9.17, 15) is 33.9 Å². The van der Waals surface area contributed by atoms with Gasteiger partial charge in [-0.05, 0) is 20.3 Å². The van der Waals surface area contributed by atoms with Crippen LogP contribution in [0.4, 0.5) is 0 Å². The molecule has 0 saturated heterocycles. The van der Waals surface area contributed by atoms with Crippen molar-refractivity contribution < 1.29 is 44.1 Å². The Balaban J connectivity index is 5.08. The lowest BCUT2D eigenvalue weighted by Gasteiger charge is -2.23. The molecule has 0 spiro atoms. The number of carbonyl (C=O) groups excluding carboxylic acids is 4. The minimum Gasteiger partial charge on any atom is -0.481 e. The van der Waals surface area contributed by atoms with Gasteiger partial charge in [0.25, 0.3) is 0 Å². The molecule has 30 heavy (non-hydrogen) atoms. The van der Waals surface area contributed by atoms with Crippen molar-refractivity contribution in [3.05, 3.63) is 0 Å². The minimum atomic E-state index is -1.50. The van der Waals surface area contributed by atoms with Gasteiger partial charge < -0.3 is 42.7 Å². The summed E-state index contributed by atoms with van der Waals surface area (Å²) in [7, 11) is 0. The van der Waals surface area contributed by atoms with Crippen molar-refractivity contribution in [1.29, 1.82) is 0 Å². The van der Waals surface area contributed by atoms with Crippen molar-refractivity contribution >= 4 is 35.6 Å². The maximum atomic E-state index is 12.3. The zero-order chi connectivity index (χ0) is 23.6. The van der Waals surface area contributed by atoms with Gasteiger partial charge in [0, 0.05) is 6.42 Å². The molecule has 4 amide bonds. The molecule has 14 heteroatoms. The molecule has 0 heterocycles. The molecule has 0 fully saturated rings. The lowest BCUT2D eigenvalue weighted by atomic mass is 10.1. The fourth-order valence-electron chi connectivity index (χ4n) is 2.10. The van der Waals surface area contributed by atoms with Gasteiger partial charge in [0.2, 0.25) is 23.6 Å². The number of hydrogen-bond donors (Lipinski definition) is 8. The summed E-state index contributed by atoms with van der Waals surface area (Å²) in [6.07, 6.45) is -2.76. The molecule has 10 N–H and O–H groups in total. The van der Waals surface area contributed by atoms with Crippen LogP contribution in [0, 0.1) is 0 Å². The number of primary amides is 1. The van der Waals surface area contributed by atoms with Crippen molar-refractivity contribution in [2.24, 2.45) is 11.5 Å². The molecule has 0 aliphatic heterocycles. The van der Waals surface area contributed by atoms with Crippen LogP contribution < -0.4 is 27.4 Å². The second-order valence-electron chi connectivity index (χ2n) is 6.56. The molecule has 0 aromatic carbocycles. The Labute approximate surface area is 171 Å². The monoisotopic (exact) mass is 433 g/mol. The minimum absolute atomic E-state index is 0.380. The Morgan fingerprint density at radius 1 is 0.867 bits per heavy atom. The van der Waals surface area contributed by atoms with Crippen LogP contribution in [0.2, 0.25) is 0 Å². The molecule has 5 atom stereocenters. The number of aliphatic hydroxyl groups excluding tert-OH is 1. The molecule has 0 aliphatic carbocycles. The normalized spacial score (nSPS) is 15.6. The highest BCUT2D eigenvalue weighted by Gasteiger charge is 2.30. The van der Waals surface area contributed by atoms with Gasteiger partial charge in [-0.15, -0.1) is 0 Å². The first-order valence-electron chi connectivity index (χ1n) is 8.83. The predicted molar refractivity (Wildman–Crippen MR) is 99.4 cm³/mol. The number of nitrogens with one attached hydrogen (secondary N) is 3. The van der Waals surface area contributed by atoms with Gasteiger partial charge in [0.1, 0.15) is 24.2 Å². The lowest BCUT2D eigenvalue weighted by molar-refractivity contribution is -0.143. The van der Waals surface area contributed by atoms with Gasteiger partial charge in [0.05, 0.1) is 12.5 Å².